The summed E-state index contributed by atoms with van der Waals surface area (Å²) >= 11 is 12.0. The molecular formula is C17H21Cl2N3O3S. The molecule has 1 aromatic heterocycles. The number of carbonyl (C=O) groups is 1. The van der Waals surface area contributed by atoms with Crippen molar-refractivity contribution in [2.45, 2.75) is 25.3 Å². The van der Waals surface area contributed by atoms with E-state index in [2.05, 4.69) is 5.32 Å². The van der Waals surface area contributed by atoms with Gasteiger partial charge in [-0.2, -0.15) is 4.31 Å². The molecule has 1 amide bonds. The summed E-state index contributed by atoms with van der Waals surface area (Å²) in [4.78, 5) is 12.6. The maximum Gasteiger partial charge on any atom is 0.268 e. The SMILES string of the molecule is CCN(CC)S(=O)(=O)c1cc(C(=O)NCc2ccc(Cl)cc2Cl)n(C)c1. The fraction of sp³-hybridized carbons (Fsp3) is 0.353. The van der Waals surface area contributed by atoms with Crippen molar-refractivity contribution >= 4 is 39.1 Å². The van der Waals surface area contributed by atoms with Crippen molar-refractivity contribution in [2.24, 2.45) is 7.05 Å². The molecule has 0 radical (unpaired) electrons. The maximum absolute atomic E-state index is 12.6. The minimum absolute atomic E-state index is 0.0957. The number of hydrogen-bond acceptors (Lipinski definition) is 3. The van der Waals surface area contributed by atoms with Gasteiger partial charge >= 0.3 is 0 Å². The van der Waals surface area contributed by atoms with Crippen LogP contribution >= 0.6 is 23.2 Å². The number of sulfonamides is 1. The average Bonchev–Trinajstić information content (AvgIpc) is 2.97. The fourth-order valence-electron chi connectivity index (χ4n) is 2.54. The van der Waals surface area contributed by atoms with Gasteiger partial charge in [-0.25, -0.2) is 8.42 Å². The second-order valence-corrected chi connectivity index (χ2v) is 8.46. The molecule has 1 heterocycles. The van der Waals surface area contributed by atoms with Crippen molar-refractivity contribution in [2.75, 3.05) is 13.1 Å². The molecule has 0 aliphatic heterocycles. The summed E-state index contributed by atoms with van der Waals surface area (Å²) in [6, 6.07) is 6.40. The molecule has 0 saturated heterocycles. The first kappa shape index (κ1) is 20.8. The first-order chi connectivity index (χ1) is 12.2. The Morgan fingerprint density at radius 3 is 2.42 bits per heavy atom. The highest BCUT2D eigenvalue weighted by molar-refractivity contribution is 7.89. The lowest BCUT2D eigenvalue weighted by molar-refractivity contribution is 0.0943. The maximum atomic E-state index is 12.6. The van der Waals surface area contributed by atoms with Crippen molar-refractivity contribution in [3.05, 3.63) is 51.8 Å². The standard InChI is InChI=1S/C17H21Cl2N3O3S/c1-4-22(5-2)26(24,25)14-9-16(21(3)11-14)17(23)20-10-12-6-7-13(18)8-15(12)19/h6-9,11H,4-5,10H2,1-3H3,(H,20,23). The molecule has 26 heavy (non-hydrogen) atoms. The average molecular weight is 418 g/mol. The molecule has 1 N–H and O–H groups in total. The summed E-state index contributed by atoms with van der Waals surface area (Å²) in [7, 11) is -1.99. The van der Waals surface area contributed by atoms with Crippen molar-refractivity contribution < 1.29 is 13.2 Å². The van der Waals surface area contributed by atoms with Crippen LogP contribution in [0.1, 0.15) is 29.9 Å². The van der Waals surface area contributed by atoms with Gasteiger partial charge < -0.3 is 9.88 Å². The highest BCUT2D eigenvalue weighted by Crippen LogP contribution is 2.21. The molecule has 0 aliphatic carbocycles. The number of nitrogens with one attached hydrogen (secondary N) is 1. The zero-order valence-electron chi connectivity index (χ0n) is 14.8. The number of halogens is 2. The van der Waals surface area contributed by atoms with Gasteiger partial charge in [-0.15, -0.1) is 0 Å². The van der Waals surface area contributed by atoms with Crippen LogP contribution in [0.15, 0.2) is 35.4 Å². The van der Waals surface area contributed by atoms with E-state index < -0.39 is 10.0 Å². The Balaban J connectivity index is 2.19. The van der Waals surface area contributed by atoms with Crippen LogP contribution in [0.4, 0.5) is 0 Å². The molecule has 0 bridgehead atoms. The van der Waals surface area contributed by atoms with Gasteiger partial charge in [-0.1, -0.05) is 43.1 Å². The van der Waals surface area contributed by atoms with Gasteiger partial charge in [0.05, 0.1) is 0 Å². The van der Waals surface area contributed by atoms with E-state index in [0.29, 0.717) is 23.1 Å². The predicted molar refractivity (Wildman–Crippen MR) is 103 cm³/mol. The van der Waals surface area contributed by atoms with Crippen molar-refractivity contribution in [1.29, 1.82) is 0 Å². The molecule has 0 unspecified atom stereocenters. The number of aromatic nitrogens is 1. The Morgan fingerprint density at radius 1 is 1.19 bits per heavy atom. The number of carbonyl (C=O) groups excluding carboxylic acids is 1. The lowest BCUT2D eigenvalue weighted by Crippen LogP contribution is -2.30. The van der Waals surface area contributed by atoms with Gasteiger partial charge in [0.25, 0.3) is 5.91 Å². The third-order valence-electron chi connectivity index (χ3n) is 4.01. The molecule has 9 heteroatoms. The van der Waals surface area contributed by atoms with Gasteiger partial charge in [0.15, 0.2) is 0 Å². The van der Waals surface area contributed by atoms with E-state index in [-0.39, 0.29) is 23.0 Å². The van der Waals surface area contributed by atoms with Gasteiger partial charge in [0, 0.05) is 42.9 Å². The van der Waals surface area contributed by atoms with Gasteiger partial charge in [-0.05, 0) is 23.8 Å². The van der Waals surface area contributed by atoms with E-state index in [4.69, 9.17) is 23.2 Å². The first-order valence-electron chi connectivity index (χ1n) is 8.09. The molecule has 6 nitrogen and oxygen atoms in total. The second-order valence-electron chi connectivity index (χ2n) is 5.68. The van der Waals surface area contributed by atoms with Crippen LogP contribution in [0, 0.1) is 0 Å². The quantitative estimate of drug-likeness (QED) is 0.750. The van der Waals surface area contributed by atoms with E-state index in [1.165, 1.54) is 21.1 Å². The Hall–Kier alpha value is -1.54. The Bertz CT molecular complexity index is 906. The second kappa shape index (κ2) is 8.43. The number of aryl methyl sites for hydroxylation is 1. The van der Waals surface area contributed by atoms with E-state index >= 15 is 0 Å². The summed E-state index contributed by atoms with van der Waals surface area (Å²) in [5, 5.41) is 3.71. The highest BCUT2D eigenvalue weighted by atomic mass is 35.5. The predicted octanol–water partition coefficient (Wildman–Crippen LogP) is 3.29. The number of rotatable bonds is 7. The van der Waals surface area contributed by atoms with Crippen molar-refractivity contribution in [3.8, 4) is 0 Å². The van der Waals surface area contributed by atoms with Gasteiger partial charge in [0.2, 0.25) is 10.0 Å². The number of hydrogen-bond donors (Lipinski definition) is 1. The number of amides is 1. The van der Waals surface area contributed by atoms with E-state index in [0.717, 1.165) is 5.56 Å². The summed E-state index contributed by atoms with van der Waals surface area (Å²) in [6.07, 6.45) is 1.44. The molecule has 0 atom stereocenters. The molecule has 142 valence electrons. The molecular weight excluding hydrogens is 397 g/mol. The van der Waals surface area contributed by atoms with Crippen LogP contribution in [-0.4, -0.2) is 36.3 Å². The molecule has 1 aromatic carbocycles. The zero-order chi connectivity index (χ0) is 19.5. The first-order valence-corrected chi connectivity index (χ1v) is 10.3. The highest BCUT2D eigenvalue weighted by Gasteiger charge is 2.25. The van der Waals surface area contributed by atoms with E-state index in [1.54, 1.807) is 39.1 Å². The summed E-state index contributed by atoms with van der Waals surface area (Å²) < 4.78 is 28.0. The Morgan fingerprint density at radius 2 is 1.85 bits per heavy atom. The Kier molecular flexibility index (Phi) is 6.74. The summed E-state index contributed by atoms with van der Waals surface area (Å²) in [6.45, 7) is 4.48. The van der Waals surface area contributed by atoms with Crippen molar-refractivity contribution in [1.82, 2.24) is 14.2 Å². The minimum Gasteiger partial charge on any atom is -0.347 e. The minimum atomic E-state index is -3.62. The van der Waals surface area contributed by atoms with Crippen LogP contribution in [0.2, 0.25) is 10.0 Å². The zero-order valence-corrected chi connectivity index (χ0v) is 17.1. The number of nitrogens with zero attached hydrogens (tertiary/aromatic N) is 2. The smallest absolute Gasteiger partial charge is 0.268 e. The van der Waals surface area contributed by atoms with Gasteiger partial charge in [-0.3, -0.25) is 4.79 Å². The lowest BCUT2D eigenvalue weighted by Gasteiger charge is -2.17. The van der Waals surface area contributed by atoms with Crippen LogP contribution in [0.25, 0.3) is 0 Å². The largest absolute Gasteiger partial charge is 0.347 e. The third-order valence-corrected chi connectivity index (χ3v) is 6.61. The molecule has 0 saturated carbocycles. The lowest BCUT2D eigenvalue weighted by atomic mass is 10.2. The van der Waals surface area contributed by atoms with E-state index in [1.807, 2.05) is 0 Å². The van der Waals surface area contributed by atoms with E-state index in [9.17, 15) is 13.2 Å². The van der Waals surface area contributed by atoms with Crippen LogP contribution in [0.3, 0.4) is 0 Å². The van der Waals surface area contributed by atoms with Crippen LogP contribution < -0.4 is 5.32 Å². The van der Waals surface area contributed by atoms with Gasteiger partial charge in [0.1, 0.15) is 10.6 Å². The normalized spacial score (nSPS) is 11.8. The van der Waals surface area contributed by atoms with Crippen LogP contribution in [-0.2, 0) is 23.6 Å². The summed E-state index contributed by atoms with van der Waals surface area (Å²) in [5.41, 5.74) is 0.968. The summed E-state index contributed by atoms with van der Waals surface area (Å²) in [5.74, 6) is -0.389. The fourth-order valence-corrected chi connectivity index (χ4v) is 4.55. The molecule has 0 fully saturated rings. The molecule has 2 rings (SSSR count). The monoisotopic (exact) mass is 417 g/mol. The Labute approximate surface area is 163 Å². The molecule has 0 spiro atoms. The topological polar surface area (TPSA) is 71.4 Å². The van der Waals surface area contributed by atoms with Crippen molar-refractivity contribution in [3.63, 3.8) is 0 Å². The molecule has 2 aromatic rings. The molecule has 0 aliphatic rings. The third kappa shape index (κ3) is 4.40. The number of benzene rings is 1. The van der Waals surface area contributed by atoms with Crippen LogP contribution in [0.5, 0.6) is 0 Å².